The quantitative estimate of drug-likeness (QED) is 0.416. The van der Waals surface area contributed by atoms with E-state index in [4.69, 9.17) is 5.11 Å². The normalized spacial score (nSPS) is 14.1. The number of esters is 1. The Morgan fingerprint density at radius 3 is 2.79 bits per heavy atom. The number of hydrogen-bond donors (Lipinski definition) is 2. The van der Waals surface area contributed by atoms with Crippen LogP contribution < -0.4 is 5.32 Å². The van der Waals surface area contributed by atoms with E-state index in [2.05, 4.69) is 26.0 Å². The minimum atomic E-state index is -0.663. The highest BCUT2D eigenvalue weighted by Gasteiger charge is 2.34. The maximum absolute atomic E-state index is 12.4. The van der Waals surface area contributed by atoms with Gasteiger partial charge in [-0.3, -0.25) is 14.9 Å². The van der Waals surface area contributed by atoms with Crippen molar-refractivity contribution in [3.05, 3.63) is 44.1 Å². The number of rotatable bonds is 6. The number of nitrogens with zero attached hydrogens (tertiary/aromatic N) is 2. The van der Waals surface area contributed by atoms with Crippen LogP contribution in [0.5, 0.6) is 0 Å². The number of non-ortho nitro benzene ring substituents is 1. The fraction of sp³-hybridized carbons (Fsp3) is 0.286. The van der Waals surface area contributed by atoms with Crippen LogP contribution in [0.25, 0.3) is 0 Å². The van der Waals surface area contributed by atoms with Gasteiger partial charge < -0.3 is 20.1 Å². The first-order valence-electron chi connectivity index (χ1n) is 6.81. The van der Waals surface area contributed by atoms with Gasteiger partial charge in [-0.15, -0.1) is 0 Å². The van der Waals surface area contributed by atoms with Crippen LogP contribution in [0.4, 0.5) is 11.4 Å². The number of hydrogen-bond acceptors (Lipinski definition) is 7. The molecule has 0 radical (unpaired) electrons. The highest BCUT2D eigenvalue weighted by Crippen LogP contribution is 2.30. The number of β-amino-alcohol motifs (C(OH)–C–C–N with tert-alkyl or cyclic N) is 1. The van der Waals surface area contributed by atoms with Gasteiger partial charge in [-0.1, -0.05) is 0 Å². The molecule has 0 aromatic heterocycles. The van der Waals surface area contributed by atoms with Crippen LogP contribution in [0.15, 0.2) is 33.9 Å². The van der Waals surface area contributed by atoms with E-state index in [1.165, 1.54) is 30.2 Å². The topological polar surface area (TPSA) is 122 Å². The highest BCUT2D eigenvalue weighted by atomic mass is 79.9. The van der Waals surface area contributed by atoms with Gasteiger partial charge in [0.05, 0.1) is 36.4 Å². The number of halogens is 1. The molecule has 9 nitrogen and oxygen atoms in total. The molecule has 10 heteroatoms. The molecule has 0 saturated heterocycles. The average Bonchev–Trinajstić information content (AvgIpc) is 2.85. The third-order valence-electron chi connectivity index (χ3n) is 3.38. The van der Waals surface area contributed by atoms with Crippen LogP contribution in [0.2, 0.25) is 0 Å². The number of amides is 1. The van der Waals surface area contributed by atoms with Crippen LogP contribution in [-0.2, 0) is 14.3 Å². The summed E-state index contributed by atoms with van der Waals surface area (Å²) in [5.74, 6) is -1.13. The number of anilines is 1. The minimum Gasteiger partial charge on any atom is -0.466 e. The number of aliphatic hydroxyl groups is 1. The lowest BCUT2D eigenvalue weighted by molar-refractivity contribution is -0.384. The van der Waals surface area contributed by atoms with Crippen molar-refractivity contribution in [1.29, 1.82) is 0 Å². The number of benzene rings is 1. The first-order chi connectivity index (χ1) is 11.4. The second kappa shape index (κ2) is 7.41. The first-order valence-corrected chi connectivity index (χ1v) is 7.61. The lowest BCUT2D eigenvalue weighted by atomic mass is 10.2. The summed E-state index contributed by atoms with van der Waals surface area (Å²) in [6.45, 7) is -0.153. The smallest absolute Gasteiger partial charge is 0.337 e. The fourth-order valence-corrected chi connectivity index (χ4v) is 2.67. The van der Waals surface area contributed by atoms with E-state index in [9.17, 15) is 19.7 Å². The molecular weight excluding hydrogens is 386 g/mol. The van der Waals surface area contributed by atoms with E-state index in [1.54, 1.807) is 0 Å². The molecule has 1 amide bonds. The molecule has 2 N–H and O–H groups in total. The molecule has 0 spiro atoms. The lowest BCUT2D eigenvalue weighted by Gasteiger charge is -2.15. The van der Waals surface area contributed by atoms with E-state index >= 15 is 0 Å². The van der Waals surface area contributed by atoms with Crippen LogP contribution in [-0.4, -0.2) is 53.6 Å². The summed E-state index contributed by atoms with van der Waals surface area (Å²) in [5.41, 5.74) is 0.413. The molecule has 128 valence electrons. The molecule has 0 unspecified atom stereocenters. The van der Waals surface area contributed by atoms with Gasteiger partial charge in [0.25, 0.3) is 11.6 Å². The van der Waals surface area contributed by atoms with Crippen molar-refractivity contribution >= 4 is 39.2 Å². The predicted molar refractivity (Wildman–Crippen MR) is 87.1 cm³/mol. The summed E-state index contributed by atoms with van der Waals surface area (Å²) in [6.07, 6.45) is 0. The van der Waals surface area contributed by atoms with Crippen LogP contribution >= 0.6 is 15.9 Å². The molecule has 1 aromatic carbocycles. The second-order valence-electron chi connectivity index (χ2n) is 4.84. The zero-order valence-corrected chi connectivity index (χ0v) is 14.2. The number of nitro benzene ring substituents is 1. The van der Waals surface area contributed by atoms with Crippen LogP contribution in [0.3, 0.4) is 0 Å². The largest absolute Gasteiger partial charge is 0.466 e. The minimum absolute atomic E-state index is 0.0129. The molecule has 24 heavy (non-hydrogen) atoms. The first kappa shape index (κ1) is 17.9. The number of nitrogens with one attached hydrogen (secondary N) is 1. The summed E-state index contributed by atoms with van der Waals surface area (Å²) < 4.78 is 5.04. The molecular formula is C14H14BrN3O6. The van der Waals surface area contributed by atoms with E-state index < -0.39 is 16.8 Å². The molecule has 1 aromatic rings. The molecule has 0 atom stereocenters. The Kier molecular flexibility index (Phi) is 5.52. The van der Waals surface area contributed by atoms with Gasteiger partial charge in [0.2, 0.25) is 0 Å². The third kappa shape index (κ3) is 3.54. The summed E-state index contributed by atoms with van der Waals surface area (Å²) >= 11 is 3.19. The van der Waals surface area contributed by atoms with Crippen molar-refractivity contribution in [2.75, 3.05) is 32.1 Å². The van der Waals surface area contributed by atoms with Gasteiger partial charge in [-0.05, 0) is 22.0 Å². The van der Waals surface area contributed by atoms with Gasteiger partial charge in [0.1, 0.15) is 5.70 Å². The molecule has 1 heterocycles. The van der Waals surface area contributed by atoms with E-state index in [-0.39, 0.29) is 36.7 Å². The molecule has 0 aliphatic carbocycles. The molecule has 1 aliphatic heterocycles. The summed E-state index contributed by atoms with van der Waals surface area (Å²) in [6, 6.07) is 3.98. The van der Waals surface area contributed by atoms with Gasteiger partial charge in [0, 0.05) is 23.2 Å². The van der Waals surface area contributed by atoms with Gasteiger partial charge in [0.15, 0.2) is 0 Å². The zero-order valence-electron chi connectivity index (χ0n) is 12.6. The number of nitro groups is 1. The number of carbonyl (C=O) groups is 2. The monoisotopic (exact) mass is 399 g/mol. The SMILES string of the molecule is COC(=O)C1=C(Nc2ccc([N+](=O)[O-])cc2Br)C(=O)N(CCO)C1. The average molecular weight is 400 g/mol. The molecule has 0 fully saturated rings. The molecule has 1 aliphatic rings. The van der Waals surface area contributed by atoms with Gasteiger partial charge in [-0.25, -0.2) is 4.79 Å². The summed E-state index contributed by atoms with van der Waals surface area (Å²) in [4.78, 5) is 35.8. The number of carbonyl (C=O) groups excluding carboxylic acids is 2. The predicted octanol–water partition coefficient (Wildman–Crippen LogP) is 1.03. The summed E-state index contributed by atoms with van der Waals surface area (Å²) in [5, 5.41) is 22.6. The Morgan fingerprint density at radius 2 is 2.25 bits per heavy atom. The van der Waals surface area contributed by atoms with Crippen molar-refractivity contribution in [1.82, 2.24) is 4.90 Å². The van der Waals surface area contributed by atoms with Crippen molar-refractivity contribution in [2.24, 2.45) is 0 Å². The maximum atomic E-state index is 12.4. The van der Waals surface area contributed by atoms with E-state index in [0.717, 1.165) is 0 Å². The maximum Gasteiger partial charge on any atom is 0.337 e. The molecule has 0 bridgehead atoms. The number of aliphatic hydroxyl groups excluding tert-OH is 1. The highest BCUT2D eigenvalue weighted by molar-refractivity contribution is 9.10. The van der Waals surface area contributed by atoms with Crippen molar-refractivity contribution in [2.45, 2.75) is 0 Å². The Bertz CT molecular complexity index is 733. The second-order valence-corrected chi connectivity index (χ2v) is 5.70. The van der Waals surface area contributed by atoms with Gasteiger partial charge >= 0.3 is 5.97 Å². The number of ether oxygens (including phenoxy) is 1. The fourth-order valence-electron chi connectivity index (χ4n) is 2.20. The van der Waals surface area contributed by atoms with Crippen molar-refractivity contribution in [3.63, 3.8) is 0 Å². The van der Waals surface area contributed by atoms with Crippen molar-refractivity contribution < 1.29 is 24.4 Å². The van der Waals surface area contributed by atoms with Crippen molar-refractivity contribution in [3.8, 4) is 0 Å². The lowest BCUT2D eigenvalue weighted by Crippen LogP contribution is -2.31. The van der Waals surface area contributed by atoms with Gasteiger partial charge in [-0.2, -0.15) is 0 Å². The Balaban J connectivity index is 2.35. The number of methoxy groups -OCH3 is 1. The Morgan fingerprint density at radius 1 is 1.54 bits per heavy atom. The van der Waals surface area contributed by atoms with Crippen LogP contribution in [0.1, 0.15) is 0 Å². The Hall–Kier alpha value is -2.46. The zero-order chi connectivity index (χ0) is 17.9. The molecule has 2 rings (SSSR count). The van der Waals surface area contributed by atoms with Crippen LogP contribution in [0, 0.1) is 10.1 Å². The molecule has 0 saturated carbocycles. The Labute approximate surface area is 145 Å². The third-order valence-corrected chi connectivity index (χ3v) is 4.03. The van der Waals surface area contributed by atoms with E-state index in [1.807, 2.05) is 0 Å². The van der Waals surface area contributed by atoms with E-state index in [0.29, 0.717) is 10.2 Å². The summed E-state index contributed by atoms with van der Waals surface area (Å²) in [7, 11) is 1.20. The standard InChI is InChI=1S/C14H14BrN3O6/c1-24-14(21)9-7-17(4-5-19)13(20)12(9)16-11-3-2-8(18(22)23)6-10(11)15/h2-3,6,16,19H,4-5,7H2,1H3.